The summed E-state index contributed by atoms with van der Waals surface area (Å²) in [5.74, 6) is 2.69. The van der Waals surface area contributed by atoms with E-state index in [1.165, 1.54) is 7.11 Å². The molecule has 2 heterocycles. The van der Waals surface area contributed by atoms with Crippen molar-refractivity contribution in [3.8, 4) is 17.4 Å². The third-order valence-electron chi connectivity index (χ3n) is 5.34. The summed E-state index contributed by atoms with van der Waals surface area (Å²) in [7, 11) is 3.20. The molecule has 2 aromatic rings. The number of piperidine rings is 1. The second kappa shape index (κ2) is 11.9. The highest BCUT2D eigenvalue weighted by Gasteiger charge is 2.27. The van der Waals surface area contributed by atoms with E-state index in [1.807, 2.05) is 36.4 Å². The molecule has 0 atom stereocenters. The molecule has 0 unspecified atom stereocenters. The smallest absolute Gasteiger partial charge is 0.308 e. The Kier molecular flexibility index (Phi) is 8.71. The molecule has 0 saturated carbocycles. The maximum absolute atomic E-state index is 11.8. The molecule has 0 amide bonds. The maximum atomic E-state index is 11.8. The maximum Gasteiger partial charge on any atom is 0.308 e. The van der Waals surface area contributed by atoms with Gasteiger partial charge in [0, 0.05) is 38.4 Å². The number of methoxy groups -OCH3 is 1. The molecule has 3 rings (SSSR count). The van der Waals surface area contributed by atoms with Gasteiger partial charge in [-0.05, 0) is 49.6 Å². The summed E-state index contributed by atoms with van der Waals surface area (Å²) < 4.78 is 16.5. The first kappa shape index (κ1) is 23.4. The summed E-state index contributed by atoms with van der Waals surface area (Å²) in [5, 5.41) is 3.39. The van der Waals surface area contributed by atoms with Crippen molar-refractivity contribution in [3.05, 3.63) is 48.2 Å². The quantitative estimate of drug-likeness (QED) is 0.381. The van der Waals surface area contributed by atoms with Crippen molar-refractivity contribution in [1.82, 2.24) is 15.2 Å². The van der Waals surface area contributed by atoms with Crippen molar-refractivity contribution in [2.24, 2.45) is 10.9 Å². The topological polar surface area (TPSA) is 85.3 Å². The van der Waals surface area contributed by atoms with Gasteiger partial charge in [-0.25, -0.2) is 4.98 Å². The van der Waals surface area contributed by atoms with Gasteiger partial charge in [-0.2, -0.15) is 0 Å². The van der Waals surface area contributed by atoms with Crippen molar-refractivity contribution in [1.29, 1.82) is 0 Å². The van der Waals surface area contributed by atoms with E-state index >= 15 is 0 Å². The summed E-state index contributed by atoms with van der Waals surface area (Å²) in [5.41, 5.74) is 0.921. The predicted octanol–water partition coefficient (Wildman–Crippen LogP) is 3.62. The predicted molar refractivity (Wildman–Crippen MR) is 123 cm³/mol. The number of benzene rings is 1. The number of carbonyl (C=O) groups is 1. The van der Waals surface area contributed by atoms with Gasteiger partial charge in [0.1, 0.15) is 11.5 Å². The minimum atomic E-state index is -0.130. The highest BCUT2D eigenvalue weighted by molar-refractivity contribution is 5.80. The molecule has 1 fully saturated rings. The average Bonchev–Trinajstić information content (AvgIpc) is 2.84. The van der Waals surface area contributed by atoms with Gasteiger partial charge in [0.05, 0.1) is 19.6 Å². The molecular formula is C24H32N4O4. The normalized spacial score (nSPS) is 14.7. The molecule has 1 saturated heterocycles. The third-order valence-corrected chi connectivity index (χ3v) is 5.34. The zero-order chi connectivity index (χ0) is 22.8. The van der Waals surface area contributed by atoms with Crippen LogP contribution < -0.4 is 14.8 Å². The van der Waals surface area contributed by atoms with Crippen LogP contribution in [-0.4, -0.2) is 55.7 Å². The molecule has 32 heavy (non-hydrogen) atoms. The number of esters is 1. The zero-order valence-corrected chi connectivity index (χ0v) is 19.0. The number of nitrogens with zero attached hydrogens (tertiary/aromatic N) is 3. The van der Waals surface area contributed by atoms with Crippen molar-refractivity contribution < 1.29 is 19.0 Å². The molecular weight excluding hydrogens is 408 g/mol. The fourth-order valence-electron chi connectivity index (χ4n) is 3.59. The van der Waals surface area contributed by atoms with Crippen LogP contribution in [0.4, 0.5) is 0 Å². The molecule has 0 radical (unpaired) electrons. The lowest BCUT2D eigenvalue weighted by Gasteiger charge is -2.33. The molecule has 1 N–H and O–H groups in total. The zero-order valence-electron chi connectivity index (χ0n) is 19.0. The van der Waals surface area contributed by atoms with Crippen molar-refractivity contribution in [3.63, 3.8) is 0 Å². The fourth-order valence-corrected chi connectivity index (χ4v) is 3.59. The molecule has 8 nitrogen and oxygen atoms in total. The van der Waals surface area contributed by atoms with E-state index in [2.05, 4.69) is 27.1 Å². The Hall–Kier alpha value is -3.29. The average molecular weight is 441 g/mol. The van der Waals surface area contributed by atoms with Gasteiger partial charge in [-0.15, -0.1) is 0 Å². The van der Waals surface area contributed by atoms with Crippen molar-refractivity contribution in [2.45, 2.75) is 32.7 Å². The molecule has 0 spiro atoms. The molecule has 1 aromatic carbocycles. The van der Waals surface area contributed by atoms with Gasteiger partial charge in [0.2, 0.25) is 5.88 Å². The first-order chi connectivity index (χ1) is 15.6. The summed E-state index contributed by atoms with van der Waals surface area (Å²) >= 11 is 0. The number of rotatable bonds is 8. The number of likely N-dealkylation sites (tertiary alicyclic amines) is 1. The van der Waals surface area contributed by atoms with E-state index < -0.39 is 0 Å². The number of ether oxygens (including phenoxy) is 3. The van der Waals surface area contributed by atoms with Crippen LogP contribution in [0.3, 0.4) is 0 Å². The van der Waals surface area contributed by atoms with E-state index in [0.29, 0.717) is 24.8 Å². The van der Waals surface area contributed by atoms with Gasteiger partial charge < -0.3 is 24.4 Å². The molecule has 172 valence electrons. The molecule has 1 aromatic heterocycles. The van der Waals surface area contributed by atoms with Crippen molar-refractivity contribution >= 4 is 11.9 Å². The monoisotopic (exact) mass is 440 g/mol. The number of guanidine groups is 1. The van der Waals surface area contributed by atoms with Crippen LogP contribution in [0.25, 0.3) is 0 Å². The van der Waals surface area contributed by atoms with Gasteiger partial charge in [-0.1, -0.05) is 13.0 Å². The Morgan fingerprint density at radius 2 is 1.91 bits per heavy atom. The number of aliphatic imine (C=N–C) groups is 1. The first-order valence-corrected chi connectivity index (χ1v) is 11.0. The third kappa shape index (κ3) is 6.35. The van der Waals surface area contributed by atoms with E-state index in [1.54, 1.807) is 13.2 Å². The SMILES string of the molecule is CCCOc1ccc(Oc2ncccc2CNC(=NC)N2CCC(C(=O)OC)CC2)cc1. The summed E-state index contributed by atoms with van der Waals surface area (Å²) in [4.78, 5) is 22.7. The van der Waals surface area contributed by atoms with Crippen LogP contribution in [0.5, 0.6) is 17.4 Å². The largest absolute Gasteiger partial charge is 0.494 e. The minimum absolute atomic E-state index is 0.0357. The van der Waals surface area contributed by atoms with Gasteiger partial charge in [0.25, 0.3) is 0 Å². The summed E-state index contributed by atoms with van der Waals surface area (Å²) in [6.45, 7) is 4.79. The Balaban J connectivity index is 1.58. The van der Waals surface area contributed by atoms with Crippen LogP contribution in [0.2, 0.25) is 0 Å². The second-order valence-electron chi connectivity index (χ2n) is 7.57. The molecule has 1 aliphatic rings. The number of nitrogens with one attached hydrogen (secondary N) is 1. The number of carbonyl (C=O) groups excluding carboxylic acids is 1. The fraction of sp³-hybridized carbons (Fsp3) is 0.458. The number of pyridine rings is 1. The van der Waals surface area contributed by atoms with Crippen molar-refractivity contribution in [2.75, 3.05) is 33.9 Å². The Morgan fingerprint density at radius 3 is 2.56 bits per heavy atom. The van der Waals surface area contributed by atoms with Gasteiger partial charge in [-0.3, -0.25) is 9.79 Å². The standard InChI is InChI=1S/C24H32N4O4/c1-4-16-31-20-7-9-21(10-8-20)32-22-19(6-5-13-26-22)17-27-24(25-2)28-14-11-18(12-15-28)23(29)30-3/h5-10,13,18H,4,11-12,14-17H2,1-3H3,(H,25,27). The molecule has 0 bridgehead atoms. The van der Waals surface area contributed by atoms with Crippen LogP contribution in [0, 0.1) is 5.92 Å². The number of aromatic nitrogens is 1. The summed E-state index contributed by atoms with van der Waals surface area (Å²) in [6.07, 6.45) is 4.19. The number of hydrogen-bond donors (Lipinski definition) is 1. The van der Waals surface area contributed by atoms with Crippen LogP contribution in [-0.2, 0) is 16.1 Å². The van der Waals surface area contributed by atoms with Crippen LogP contribution in [0.15, 0.2) is 47.6 Å². The Labute approximate surface area is 189 Å². The van der Waals surface area contributed by atoms with E-state index in [9.17, 15) is 4.79 Å². The lowest BCUT2D eigenvalue weighted by Crippen LogP contribution is -2.46. The van der Waals surface area contributed by atoms with E-state index in [0.717, 1.165) is 49.6 Å². The second-order valence-corrected chi connectivity index (χ2v) is 7.57. The number of hydrogen-bond acceptors (Lipinski definition) is 6. The van der Waals surface area contributed by atoms with E-state index in [4.69, 9.17) is 14.2 Å². The molecule has 1 aliphatic heterocycles. The van der Waals surface area contributed by atoms with Gasteiger partial charge >= 0.3 is 5.97 Å². The highest BCUT2D eigenvalue weighted by Crippen LogP contribution is 2.25. The highest BCUT2D eigenvalue weighted by atomic mass is 16.5. The van der Waals surface area contributed by atoms with Gasteiger partial charge in [0.15, 0.2) is 5.96 Å². The molecule has 0 aliphatic carbocycles. The lowest BCUT2D eigenvalue weighted by molar-refractivity contribution is -0.146. The summed E-state index contributed by atoms with van der Waals surface area (Å²) in [6, 6.07) is 11.4. The molecule has 8 heteroatoms. The van der Waals surface area contributed by atoms with E-state index in [-0.39, 0.29) is 11.9 Å². The van der Waals surface area contributed by atoms with Crippen LogP contribution in [0.1, 0.15) is 31.7 Å². The first-order valence-electron chi connectivity index (χ1n) is 11.0. The Morgan fingerprint density at radius 1 is 1.19 bits per heavy atom. The minimum Gasteiger partial charge on any atom is -0.494 e. The lowest BCUT2D eigenvalue weighted by atomic mass is 9.97. The van der Waals surface area contributed by atoms with Crippen LogP contribution >= 0.6 is 0 Å². The Bertz CT molecular complexity index is 893.